The summed E-state index contributed by atoms with van der Waals surface area (Å²) in [5.41, 5.74) is 8.64. The lowest BCUT2D eigenvalue weighted by atomic mass is 9.96. The molecule has 0 unspecified atom stereocenters. The van der Waals surface area contributed by atoms with Gasteiger partial charge in [-0.05, 0) is 51.0 Å². The number of benzene rings is 7. The van der Waals surface area contributed by atoms with E-state index in [-0.39, 0.29) is 0 Å². The van der Waals surface area contributed by atoms with E-state index < -0.39 is 8.07 Å². The fourth-order valence-electron chi connectivity index (χ4n) is 8.42. The highest BCUT2D eigenvalue weighted by molar-refractivity contribution is 7.05. The first-order valence-electron chi connectivity index (χ1n) is 17.3. The van der Waals surface area contributed by atoms with Crippen LogP contribution in [0.5, 0.6) is 0 Å². The molecule has 11 rings (SSSR count). The molecule has 0 saturated heterocycles. The van der Waals surface area contributed by atoms with Gasteiger partial charge in [0.1, 0.15) is 30.4 Å². The van der Waals surface area contributed by atoms with Gasteiger partial charge >= 0.3 is 0 Å². The summed E-state index contributed by atoms with van der Waals surface area (Å²) in [4.78, 5) is 15.8. The van der Waals surface area contributed by atoms with Crippen molar-refractivity contribution >= 4 is 73.1 Å². The third kappa shape index (κ3) is 3.99. The third-order valence-corrected chi connectivity index (χ3v) is 14.2. The molecule has 240 valence electrons. The minimum absolute atomic E-state index is 0.600. The molecule has 1 aliphatic heterocycles. The molecule has 0 radical (unpaired) electrons. The van der Waals surface area contributed by atoms with Crippen molar-refractivity contribution in [1.82, 2.24) is 15.0 Å². The standard InChI is InChI=1S/C45H29N3O2Si/c1-51(2)37-25-33(39-30-18-9-11-21-35(30)50-41(39)40(37)31-24-23-26-13-6-7-16-28(26)42(31)51)45-47-43(27-14-4-3-5-15-27)46-44(48-45)32-19-12-22-36-38(32)29-17-8-10-20-34(29)49-36/h3-25H,1-2H3. The van der Waals surface area contributed by atoms with E-state index >= 15 is 0 Å². The molecule has 51 heavy (non-hydrogen) atoms. The number of furan rings is 2. The quantitative estimate of drug-likeness (QED) is 0.175. The van der Waals surface area contributed by atoms with Crippen LogP contribution in [0.3, 0.4) is 0 Å². The van der Waals surface area contributed by atoms with Gasteiger partial charge in [0, 0.05) is 43.8 Å². The monoisotopic (exact) mass is 671 g/mol. The van der Waals surface area contributed by atoms with Crippen molar-refractivity contribution in [3.05, 3.63) is 140 Å². The molecule has 0 amide bonds. The van der Waals surface area contributed by atoms with E-state index in [0.717, 1.165) is 60.6 Å². The highest BCUT2D eigenvalue weighted by Crippen LogP contribution is 2.45. The second-order valence-corrected chi connectivity index (χ2v) is 18.2. The summed E-state index contributed by atoms with van der Waals surface area (Å²) in [5.74, 6) is 1.84. The molecule has 0 fully saturated rings. The summed E-state index contributed by atoms with van der Waals surface area (Å²) in [6.07, 6.45) is 0. The summed E-state index contributed by atoms with van der Waals surface area (Å²) in [6.45, 7) is 4.92. The van der Waals surface area contributed by atoms with Crippen LogP contribution < -0.4 is 10.4 Å². The summed E-state index contributed by atoms with van der Waals surface area (Å²) < 4.78 is 13.2. The van der Waals surface area contributed by atoms with E-state index in [4.69, 9.17) is 23.8 Å². The molecule has 4 heterocycles. The Hall–Kier alpha value is -6.37. The Balaban J connectivity index is 1.26. The van der Waals surface area contributed by atoms with Crippen LogP contribution in [-0.4, -0.2) is 23.0 Å². The highest BCUT2D eigenvalue weighted by Gasteiger charge is 2.42. The van der Waals surface area contributed by atoms with E-state index in [0.29, 0.717) is 17.5 Å². The second-order valence-electron chi connectivity index (χ2n) is 13.9. The van der Waals surface area contributed by atoms with Gasteiger partial charge < -0.3 is 8.83 Å². The molecule has 0 atom stereocenters. The number of hydrogen-bond donors (Lipinski definition) is 0. The van der Waals surface area contributed by atoms with Gasteiger partial charge in [-0.3, -0.25) is 0 Å². The molecule has 5 nitrogen and oxygen atoms in total. The van der Waals surface area contributed by atoms with Crippen molar-refractivity contribution in [3.8, 4) is 45.3 Å². The van der Waals surface area contributed by atoms with E-state index in [1.807, 2.05) is 54.6 Å². The van der Waals surface area contributed by atoms with Crippen LogP contribution in [-0.2, 0) is 0 Å². The number of para-hydroxylation sites is 2. The van der Waals surface area contributed by atoms with Crippen LogP contribution in [0, 0.1) is 0 Å². The van der Waals surface area contributed by atoms with Crippen molar-refractivity contribution < 1.29 is 8.83 Å². The minimum Gasteiger partial charge on any atom is -0.456 e. The molecular formula is C45H29N3O2Si. The SMILES string of the molecule is C[Si]1(C)c2cc(-c3nc(-c4ccccc4)nc(-c4cccc5oc6ccccc6c45)n3)c3c(oc4ccccc43)c2-c2ccc3ccccc3c21. The summed E-state index contributed by atoms with van der Waals surface area (Å²) in [6, 6.07) is 48.4. The normalized spacial score (nSPS) is 13.5. The first-order chi connectivity index (χ1) is 25.0. The Labute approximate surface area is 293 Å². The van der Waals surface area contributed by atoms with Gasteiger partial charge in [0.25, 0.3) is 0 Å². The Bertz CT molecular complexity index is 3070. The zero-order valence-electron chi connectivity index (χ0n) is 27.9. The van der Waals surface area contributed by atoms with Crippen molar-refractivity contribution in [1.29, 1.82) is 0 Å². The number of rotatable bonds is 3. The van der Waals surface area contributed by atoms with Gasteiger partial charge in [-0.2, -0.15) is 0 Å². The molecule has 6 heteroatoms. The summed E-state index contributed by atoms with van der Waals surface area (Å²) in [5, 5.41) is 9.47. The van der Waals surface area contributed by atoms with Crippen molar-refractivity contribution in [3.63, 3.8) is 0 Å². The van der Waals surface area contributed by atoms with E-state index in [1.54, 1.807) is 0 Å². The van der Waals surface area contributed by atoms with Gasteiger partial charge in [0.2, 0.25) is 0 Å². The molecule has 3 aromatic heterocycles. The minimum atomic E-state index is -2.23. The topological polar surface area (TPSA) is 65.0 Å². The lowest BCUT2D eigenvalue weighted by molar-refractivity contribution is 0.669. The smallest absolute Gasteiger partial charge is 0.164 e. The van der Waals surface area contributed by atoms with Crippen LogP contribution in [0.4, 0.5) is 0 Å². The molecule has 7 aromatic carbocycles. The van der Waals surface area contributed by atoms with Crippen LogP contribution in [0.15, 0.2) is 148 Å². The van der Waals surface area contributed by atoms with Gasteiger partial charge in [-0.1, -0.05) is 128 Å². The largest absolute Gasteiger partial charge is 0.456 e. The molecule has 0 saturated carbocycles. The third-order valence-electron chi connectivity index (χ3n) is 10.7. The van der Waals surface area contributed by atoms with Gasteiger partial charge in [0.05, 0.1) is 0 Å². The van der Waals surface area contributed by atoms with Crippen LogP contribution >= 0.6 is 0 Å². The van der Waals surface area contributed by atoms with E-state index in [1.165, 1.54) is 32.3 Å². The first kappa shape index (κ1) is 28.5. The lowest BCUT2D eigenvalue weighted by Crippen LogP contribution is -2.49. The Morgan fingerprint density at radius 3 is 1.90 bits per heavy atom. The van der Waals surface area contributed by atoms with Crippen LogP contribution in [0.2, 0.25) is 13.1 Å². The predicted octanol–water partition coefficient (Wildman–Crippen LogP) is 10.6. The molecule has 10 aromatic rings. The predicted molar refractivity (Wildman–Crippen MR) is 210 cm³/mol. The Morgan fingerprint density at radius 2 is 1.10 bits per heavy atom. The maximum atomic E-state index is 6.88. The molecule has 0 spiro atoms. The number of nitrogens with zero attached hydrogens (tertiary/aromatic N) is 3. The Morgan fingerprint density at radius 1 is 0.471 bits per heavy atom. The fraction of sp³-hybridized carbons (Fsp3) is 0.0444. The molecule has 1 aliphatic rings. The highest BCUT2D eigenvalue weighted by atomic mass is 28.3. The zero-order valence-corrected chi connectivity index (χ0v) is 28.9. The van der Waals surface area contributed by atoms with Gasteiger partial charge in [-0.25, -0.2) is 15.0 Å². The number of fused-ring (bicyclic) bond motifs is 12. The fourth-order valence-corrected chi connectivity index (χ4v) is 11.8. The van der Waals surface area contributed by atoms with Crippen molar-refractivity contribution in [2.45, 2.75) is 13.1 Å². The molecule has 0 N–H and O–H groups in total. The van der Waals surface area contributed by atoms with Crippen LogP contribution in [0.25, 0.3) is 99.9 Å². The summed E-state index contributed by atoms with van der Waals surface area (Å²) in [7, 11) is -2.23. The van der Waals surface area contributed by atoms with Gasteiger partial charge in [0.15, 0.2) is 17.5 Å². The zero-order chi connectivity index (χ0) is 33.8. The molecule has 0 bridgehead atoms. The molecule has 0 aliphatic carbocycles. The Kier molecular flexibility index (Phi) is 5.76. The van der Waals surface area contributed by atoms with E-state index in [9.17, 15) is 0 Å². The average Bonchev–Trinajstić information content (AvgIpc) is 3.82. The maximum Gasteiger partial charge on any atom is 0.164 e. The number of aromatic nitrogens is 3. The summed E-state index contributed by atoms with van der Waals surface area (Å²) >= 11 is 0. The van der Waals surface area contributed by atoms with Crippen LogP contribution in [0.1, 0.15) is 0 Å². The van der Waals surface area contributed by atoms with Crippen molar-refractivity contribution in [2.75, 3.05) is 0 Å². The molecular weight excluding hydrogens is 643 g/mol. The van der Waals surface area contributed by atoms with Crippen molar-refractivity contribution in [2.24, 2.45) is 0 Å². The number of hydrogen-bond acceptors (Lipinski definition) is 5. The average molecular weight is 672 g/mol. The van der Waals surface area contributed by atoms with E-state index in [2.05, 4.69) is 98.0 Å². The lowest BCUT2D eigenvalue weighted by Gasteiger charge is -2.21. The maximum absolute atomic E-state index is 6.88. The second kappa shape index (κ2) is 10.3. The van der Waals surface area contributed by atoms with Gasteiger partial charge in [-0.15, -0.1) is 0 Å². The first-order valence-corrected chi connectivity index (χ1v) is 20.3.